The Balaban J connectivity index is 2.68. The third kappa shape index (κ3) is 1.74. The van der Waals surface area contributed by atoms with Gasteiger partial charge in [0, 0.05) is 0 Å². The average Bonchev–Trinajstić information content (AvgIpc) is 2.37. The molecule has 0 bridgehead atoms. The van der Waals surface area contributed by atoms with E-state index in [9.17, 15) is 0 Å². The van der Waals surface area contributed by atoms with Crippen molar-refractivity contribution in [1.82, 2.24) is 10.2 Å². The SMILES string of the molecule is CCSc1nnc(N=N)s1. The minimum absolute atomic E-state index is 0.427. The molecule has 4 nitrogen and oxygen atoms in total. The van der Waals surface area contributed by atoms with Gasteiger partial charge in [0.1, 0.15) is 0 Å². The van der Waals surface area contributed by atoms with Gasteiger partial charge in [0.2, 0.25) is 0 Å². The highest BCUT2D eigenvalue weighted by molar-refractivity contribution is 8.01. The highest BCUT2D eigenvalue weighted by atomic mass is 32.2. The van der Waals surface area contributed by atoms with E-state index in [0.717, 1.165) is 10.1 Å². The first-order valence-corrected chi connectivity index (χ1v) is 4.50. The number of nitrogens with zero attached hydrogens (tertiary/aromatic N) is 3. The summed E-state index contributed by atoms with van der Waals surface area (Å²) < 4.78 is 0.883. The summed E-state index contributed by atoms with van der Waals surface area (Å²) in [7, 11) is 0. The number of hydrogen-bond acceptors (Lipinski definition) is 6. The Morgan fingerprint density at radius 1 is 1.70 bits per heavy atom. The minimum atomic E-state index is 0.427. The van der Waals surface area contributed by atoms with Gasteiger partial charge in [-0.2, -0.15) is 0 Å². The van der Waals surface area contributed by atoms with Gasteiger partial charge in [-0.1, -0.05) is 30.0 Å². The highest BCUT2D eigenvalue weighted by Gasteiger charge is 2.00. The van der Waals surface area contributed by atoms with E-state index in [4.69, 9.17) is 5.53 Å². The molecule has 0 unspecified atom stereocenters. The van der Waals surface area contributed by atoms with Crippen molar-refractivity contribution >= 4 is 28.2 Å². The molecule has 1 aromatic rings. The zero-order valence-electron chi connectivity index (χ0n) is 5.37. The van der Waals surface area contributed by atoms with Gasteiger partial charge in [0.25, 0.3) is 5.13 Å². The number of hydrogen-bond donors (Lipinski definition) is 1. The third-order valence-corrected chi connectivity index (χ3v) is 2.59. The van der Waals surface area contributed by atoms with Crippen molar-refractivity contribution < 1.29 is 0 Å². The van der Waals surface area contributed by atoms with Crippen LogP contribution in [-0.2, 0) is 0 Å². The summed E-state index contributed by atoms with van der Waals surface area (Å²) in [4.78, 5) is 0. The fourth-order valence-corrected chi connectivity index (χ4v) is 1.95. The van der Waals surface area contributed by atoms with E-state index in [1.54, 1.807) is 11.8 Å². The first-order chi connectivity index (χ1) is 4.86. The molecule has 0 saturated carbocycles. The number of rotatable bonds is 3. The van der Waals surface area contributed by atoms with Gasteiger partial charge in [0.05, 0.1) is 0 Å². The van der Waals surface area contributed by atoms with Crippen molar-refractivity contribution in [2.75, 3.05) is 5.75 Å². The Morgan fingerprint density at radius 3 is 3.00 bits per heavy atom. The third-order valence-electron chi connectivity index (χ3n) is 0.759. The lowest BCUT2D eigenvalue weighted by Crippen LogP contribution is -1.69. The summed E-state index contributed by atoms with van der Waals surface area (Å²) in [6, 6.07) is 0. The molecule has 0 aliphatic rings. The van der Waals surface area contributed by atoms with Crippen LogP contribution in [0.3, 0.4) is 0 Å². The molecule has 0 aliphatic heterocycles. The molecule has 54 valence electrons. The van der Waals surface area contributed by atoms with Crippen LogP contribution >= 0.6 is 23.1 Å². The molecule has 1 heterocycles. The number of thioether (sulfide) groups is 1. The van der Waals surface area contributed by atoms with Crippen LogP contribution < -0.4 is 0 Å². The largest absolute Gasteiger partial charge is 0.251 e. The predicted molar refractivity (Wildman–Crippen MR) is 41.1 cm³/mol. The van der Waals surface area contributed by atoms with Crippen molar-refractivity contribution in [2.45, 2.75) is 11.3 Å². The van der Waals surface area contributed by atoms with E-state index < -0.39 is 0 Å². The topological polar surface area (TPSA) is 62.0 Å². The zero-order chi connectivity index (χ0) is 7.40. The van der Waals surface area contributed by atoms with Crippen molar-refractivity contribution in [1.29, 1.82) is 5.53 Å². The fourth-order valence-electron chi connectivity index (χ4n) is 0.430. The van der Waals surface area contributed by atoms with Gasteiger partial charge < -0.3 is 0 Å². The van der Waals surface area contributed by atoms with Crippen molar-refractivity contribution in [3.05, 3.63) is 0 Å². The smallest absolute Gasteiger partial charge is 0.202 e. The highest BCUT2D eigenvalue weighted by Crippen LogP contribution is 2.26. The summed E-state index contributed by atoms with van der Waals surface area (Å²) in [6.07, 6.45) is 0. The molecule has 0 spiro atoms. The van der Waals surface area contributed by atoms with Gasteiger partial charge in [0.15, 0.2) is 4.34 Å². The van der Waals surface area contributed by atoms with Crippen LogP contribution in [0, 0.1) is 5.53 Å². The van der Waals surface area contributed by atoms with Gasteiger partial charge in [-0.3, -0.25) is 0 Å². The lowest BCUT2D eigenvalue weighted by molar-refractivity contribution is 0.983. The summed E-state index contributed by atoms with van der Waals surface area (Å²) in [5.41, 5.74) is 6.61. The number of nitrogens with one attached hydrogen (secondary N) is 1. The molecule has 1 N–H and O–H groups in total. The Bertz CT molecular complexity index is 221. The molecule has 6 heteroatoms. The Hall–Kier alpha value is -0.490. The van der Waals surface area contributed by atoms with E-state index in [1.807, 2.05) is 6.92 Å². The molecule has 1 aromatic heterocycles. The monoisotopic (exact) mass is 174 g/mol. The van der Waals surface area contributed by atoms with E-state index in [0.29, 0.717) is 5.13 Å². The van der Waals surface area contributed by atoms with Gasteiger partial charge in [-0.25, -0.2) is 5.53 Å². The maximum Gasteiger partial charge on any atom is 0.251 e. The van der Waals surface area contributed by atoms with Crippen molar-refractivity contribution in [2.24, 2.45) is 5.11 Å². The van der Waals surface area contributed by atoms with Crippen molar-refractivity contribution in [3.8, 4) is 0 Å². The van der Waals surface area contributed by atoms with Gasteiger partial charge >= 0.3 is 0 Å². The molecule has 0 fully saturated rings. The standard InChI is InChI=1S/C4H6N4S2/c1-2-9-4-8-7-3(6-5)10-4/h5H,2H2,1H3. The van der Waals surface area contributed by atoms with E-state index in [2.05, 4.69) is 15.3 Å². The van der Waals surface area contributed by atoms with E-state index in [1.165, 1.54) is 11.3 Å². The second-order valence-electron chi connectivity index (χ2n) is 1.40. The average molecular weight is 174 g/mol. The van der Waals surface area contributed by atoms with Crippen LogP contribution in [0.1, 0.15) is 6.92 Å². The molecule has 0 aliphatic carbocycles. The van der Waals surface area contributed by atoms with E-state index in [-0.39, 0.29) is 0 Å². The van der Waals surface area contributed by atoms with E-state index >= 15 is 0 Å². The molecule has 0 radical (unpaired) electrons. The Labute approximate surface area is 66.6 Å². The second kappa shape index (κ2) is 3.62. The lowest BCUT2D eigenvalue weighted by atomic mass is 11.0. The molecule has 0 atom stereocenters. The van der Waals surface area contributed by atoms with Crippen LogP contribution in [0.4, 0.5) is 5.13 Å². The van der Waals surface area contributed by atoms with Crippen molar-refractivity contribution in [3.63, 3.8) is 0 Å². The molecule has 1 rings (SSSR count). The van der Waals surface area contributed by atoms with Gasteiger partial charge in [-0.15, -0.1) is 15.3 Å². The van der Waals surface area contributed by atoms with Gasteiger partial charge in [-0.05, 0) is 5.75 Å². The maximum atomic E-state index is 6.61. The molecule has 0 amide bonds. The molecule has 10 heavy (non-hydrogen) atoms. The lowest BCUT2D eigenvalue weighted by Gasteiger charge is -1.82. The summed E-state index contributed by atoms with van der Waals surface area (Å²) >= 11 is 2.96. The zero-order valence-corrected chi connectivity index (χ0v) is 7.00. The molecule has 0 saturated heterocycles. The van der Waals surface area contributed by atoms with Crippen LogP contribution in [0.25, 0.3) is 0 Å². The maximum absolute atomic E-state index is 6.61. The second-order valence-corrected chi connectivity index (χ2v) is 3.86. The molecular formula is C4H6N4S2. The molecule has 0 aromatic carbocycles. The minimum Gasteiger partial charge on any atom is -0.202 e. The Kier molecular flexibility index (Phi) is 2.76. The number of aromatic nitrogens is 2. The normalized spacial score (nSPS) is 9.70. The quantitative estimate of drug-likeness (QED) is 0.565. The summed E-state index contributed by atoms with van der Waals surface area (Å²) in [5, 5.41) is 11.0. The van der Waals surface area contributed by atoms with Crippen LogP contribution in [0.2, 0.25) is 0 Å². The summed E-state index contributed by atoms with van der Waals surface area (Å²) in [6.45, 7) is 2.05. The predicted octanol–water partition coefficient (Wildman–Crippen LogP) is 2.31. The first-order valence-electron chi connectivity index (χ1n) is 2.70. The summed E-state index contributed by atoms with van der Waals surface area (Å²) in [5.74, 6) is 0.979. The van der Waals surface area contributed by atoms with Crippen LogP contribution in [0.5, 0.6) is 0 Å². The Morgan fingerprint density at radius 2 is 2.50 bits per heavy atom. The van der Waals surface area contributed by atoms with Crippen LogP contribution in [0.15, 0.2) is 9.45 Å². The molecular weight excluding hydrogens is 168 g/mol. The van der Waals surface area contributed by atoms with Crippen LogP contribution in [-0.4, -0.2) is 16.0 Å². The fraction of sp³-hybridized carbons (Fsp3) is 0.500. The first kappa shape index (κ1) is 7.62.